The standard InChI is InChI=1S/C16H20IN3O/c1-4-18-16-15(17)13(10-21-3)19-14(20-16)9-12-8-6-5-7-11(12)2/h5-8H,4,9-10H2,1-3H3,(H,18,19,20). The first-order chi connectivity index (χ1) is 10.2. The van der Waals surface area contributed by atoms with Crippen LogP contribution in [0.25, 0.3) is 0 Å². The number of benzene rings is 1. The summed E-state index contributed by atoms with van der Waals surface area (Å²) in [4.78, 5) is 9.31. The van der Waals surface area contributed by atoms with Crippen LogP contribution in [0.5, 0.6) is 0 Å². The van der Waals surface area contributed by atoms with E-state index in [1.807, 2.05) is 6.07 Å². The molecule has 0 radical (unpaired) electrons. The van der Waals surface area contributed by atoms with E-state index in [4.69, 9.17) is 4.74 Å². The molecule has 4 nitrogen and oxygen atoms in total. The van der Waals surface area contributed by atoms with Crippen LogP contribution >= 0.6 is 22.6 Å². The molecular weight excluding hydrogens is 377 g/mol. The van der Waals surface area contributed by atoms with E-state index in [9.17, 15) is 0 Å². The van der Waals surface area contributed by atoms with Gasteiger partial charge in [0.15, 0.2) is 0 Å². The Kier molecular flexibility index (Phi) is 5.93. The fourth-order valence-corrected chi connectivity index (χ4v) is 2.71. The minimum atomic E-state index is 0.500. The number of nitrogens with one attached hydrogen (secondary N) is 1. The van der Waals surface area contributed by atoms with E-state index in [1.54, 1.807) is 7.11 Å². The Bertz CT molecular complexity index is 589. The lowest BCUT2D eigenvalue weighted by Crippen LogP contribution is -2.11. The second kappa shape index (κ2) is 7.70. The van der Waals surface area contributed by atoms with Gasteiger partial charge in [0.1, 0.15) is 11.6 Å². The number of halogens is 1. The fourth-order valence-electron chi connectivity index (χ4n) is 2.12. The first kappa shape index (κ1) is 16.2. The van der Waals surface area contributed by atoms with Gasteiger partial charge in [-0.1, -0.05) is 24.3 Å². The summed E-state index contributed by atoms with van der Waals surface area (Å²) in [5.41, 5.74) is 3.45. The lowest BCUT2D eigenvalue weighted by atomic mass is 10.1. The van der Waals surface area contributed by atoms with Gasteiger partial charge in [0, 0.05) is 20.1 Å². The van der Waals surface area contributed by atoms with Crippen LogP contribution in [0.15, 0.2) is 24.3 Å². The van der Waals surface area contributed by atoms with E-state index in [-0.39, 0.29) is 0 Å². The number of ether oxygens (including phenoxy) is 1. The van der Waals surface area contributed by atoms with E-state index in [1.165, 1.54) is 11.1 Å². The van der Waals surface area contributed by atoms with Gasteiger partial charge in [-0.2, -0.15) is 0 Å². The molecule has 1 N–H and O–H groups in total. The van der Waals surface area contributed by atoms with Crippen LogP contribution in [-0.2, 0) is 17.8 Å². The van der Waals surface area contributed by atoms with Gasteiger partial charge < -0.3 is 10.1 Å². The van der Waals surface area contributed by atoms with Crippen LogP contribution in [0.4, 0.5) is 5.82 Å². The maximum Gasteiger partial charge on any atom is 0.143 e. The number of methoxy groups -OCH3 is 1. The molecule has 0 fully saturated rings. The molecule has 0 aliphatic heterocycles. The van der Waals surface area contributed by atoms with Crippen LogP contribution in [0.1, 0.15) is 29.6 Å². The minimum Gasteiger partial charge on any atom is -0.378 e. The summed E-state index contributed by atoms with van der Waals surface area (Å²) in [5.74, 6) is 1.72. The molecule has 0 saturated carbocycles. The third kappa shape index (κ3) is 4.14. The number of aryl methyl sites for hydroxylation is 1. The maximum absolute atomic E-state index is 5.25. The number of hydrogen-bond acceptors (Lipinski definition) is 4. The van der Waals surface area contributed by atoms with Crippen molar-refractivity contribution in [2.24, 2.45) is 0 Å². The molecule has 0 aliphatic carbocycles. The van der Waals surface area contributed by atoms with Gasteiger partial charge in [-0.3, -0.25) is 0 Å². The molecule has 0 bridgehead atoms. The van der Waals surface area contributed by atoms with E-state index in [0.717, 1.165) is 33.9 Å². The predicted molar refractivity (Wildman–Crippen MR) is 93.6 cm³/mol. The number of rotatable bonds is 6. The molecule has 1 aromatic carbocycles. The van der Waals surface area contributed by atoms with E-state index in [0.29, 0.717) is 6.61 Å². The molecule has 0 amide bonds. The van der Waals surface area contributed by atoms with Gasteiger partial charge in [0.2, 0.25) is 0 Å². The van der Waals surface area contributed by atoms with Crippen LogP contribution < -0.4 is 5.32 Å². The SMILES string of the molecule is CCNc1nc(Cc2ccccc2C)nc(COC)c1I. The highest BCUT2D eigenvalue weighted by molar-refractivity contribution is 14.1. The minimum absolute atomic E-state index is 0.500. The molecule has 1 heterocycles. The van der Waals surface area contributed by atoms with Crippen LogP contribution in [0.3, 0.4) is 0 Å². The maximum atomic E-state index is 5.25. The van der Waals surface area contributed by atoms with Crippen molar-refractivity contribution >= 4 is 28.4 Å². The van der Waals surface area contributed by atoms with Crippen molar-refractivity contribution in [3.8, 4) is 0 Å². The van der Waals surface area contributed by atoms with Crippen molar-refractivity contribution in [2.45, 2.75) is 26.9 Å². The molecule has 0 atom stereocenters. The smallest absolute Gasteiger partial charge is 0.143 e. The van der Waals surface area contributed by atoms with E-state index < -0.39 is 0 Å². The van der Waals surface area contributed by atoms with Crippen LogP contribution in [-0.4, -0.2) is 23.6 Å². The lowest BCUT2D eigenvalue weighted by molar-refractivity contribution is 0.180. The number of nitrogens with zero attached hydrogens (tertiary/aromatic N) is 2. The highest BCUT2D eigenvalue weighted by Crippen LogP contribution is 2.21. The molecule has 0 aliphatic rings. The molecule has 0 spiro atoms. The Hall–Kier alpha value is -1.21. The summed E-state index contributed by atoms with van der Waals surface area (Å²) < 4.78 is 6.28. The topological polar surface area (TPSA) is 47.0 Å². The van der Waals surface area contributed by atoms with Crippen molar-refractivity contribution in [1.29, 1.82) is 0 Å². The Morgan fingerprint density at radius 2 is 2.00 bits per heavy atom. The second-order valence-electron chi connectivity index (χ2n) is 4.82. The third-order valence-corrected chi connectivity index (χ3v) is 4.33. The van der Waals surface area contributed by atoms with Gasteiger partial charge in [0.05, 0.1) is 15.9 Å². The first-order valence-corrected chi connectivity index (χ1v) is 8.06. The highest BCUT2D eigenvalue weighted by atomic mass is 127. The zero-order chi connectivity index (χ0) is 15.2. The van der Waals surface area contributed by atoms with Crippen LogP contribution in [0.2, 0.25) is 0 Å². The Labute approximate surface area is 139 Å². The molecule has 1 aromatic heterocycles. The first-order valence-electron chi connectivity index (χ1n) is 6.98. The van der Waals surface area contributed by atoms with Gasteiger partial charge in [-0.15, -0.1) is 0 Å². The monoisotopic (exact) mass is 397 g/mol. The van der Waals surface area contributed by atoms with Crippen molar-refractivity contribution in [3.63, 3.8) is 0 Å². The quantitative estimate of drug-likeness (QED) is 0.758. The summed E-state index contributed by atoms with van der Waals surface area (Å²) in [6.45, 7) is 5.52. The number of aromatic nitrogens is 2. The Balaban J connectivity index is 2.36. The van der Waals surface area contributed by atoms with Gasteiger partial charge in [0.25, 0.3) is 0 Å². The highest BCUT2D eigenvalue weighted by Gasteiger charge is 2.12. The zero-order valence-electron chi connectivity index (χ0n) is 12.6. The van der Waals surface area contributed by atoms with Crippen LogP contribution in [0, 0.1) is 10.5 Å². The molecular formula is C16H20IN3O. The Morgan fingerprint density at radius 3 is 2.67 bits per heavy atom. The van der Waals surface area contributed by atoms with Crippen molar-refractivity contribution in [1.82, 2.24) is 9.97 Å². The van der Waals surface area contributed by atoms with E-state index in [2.05, 4.69) is 69.9 Å². The Morgan fingerprint density at radius 1 is 1.24 bits per heavy atom. The number of hydrogen-bond donors (Lipinski definition) is 1. The van der Waals surface area contributed by atoms with Gasteiger partial charge in [-0.05, 0) is 47.6 Å². The largest absolute Gasteiger partial charge is 0.378 e. The summed E-state index contributed by atoms with van der Waals surface area (Å²) in [7, 11) is 1.69. The molecule has 5 heteroatoms. The van der Waals surface area contributed by atoms with Gasteiger partial charge in [-0.25, -0.2) is 9.97 Å². The lowest BCUT2D eigenvalue weighted by Gasteiger charge is -2.12. The third-order valence-electron chi connectivity index (χ3n) is 3.20. The molecule has 2 rings (SSSR count). The van der Waals surface area contributed by atoms with Crippen molar-refractivity contribution in [3.05, 3.63) is 50.5 Å². The predicted octanol–water partition coefficient (Wildman–Crippen LogP) is 3.56. The van der Waals surface area contributed by atoms with Gasteiger partial charge >= 0.3 is 0 Å². The summed E-state index contributed by atoms with van der Waals surface area (Å²) in [5, 5.41) is 3.30. The second-order valence-corrected chi connectivity index (χ2v) is 5.89. The summed E-state index contributed by atoms with van der Waals surface area (Å²) >= 11 is 2.27. The normalized spacial score (nSPS) is 10.7. The molecule has 0 saturated heterocycles. The fraction of sp³-hybridized carbons (Fsp3) is 0.375. The van der Waals surface area contributed by atoms with Crippen molar-refractivity contribution < 1.29 is 4.74 Å². The number of anilines is 1. The summed E-state index contributed by atoms with van der Waals surface area (Å²) in [6, 6.07) is 8.34. The average molecular weight is 397 g/mol. The van der Waals surface area contributed by atoms with Crippen molar-refractivity contribution in [2.75, 3.05) is 19.0 Å². The zero-order valence-corrected chi connectivity index (χ0v) is 14.8. The average Bonchev–Trinajstić information content (AvgIpc) is 2.47. The van der Waals surface area contributed by atoms with E-state index >= 15 is 0 Å². The molecule has 21 heavy (non-hydrogen) atoms. The molecule has 2 aromatic rings. The summed E-state index contributed by atoms with van der Waals surface area (Å²) in [6.07, 6.45) is 0.735. The molecule has 112 valence electrons. The molecule has 0 unspecified atom stereocenters.